The topological polar surface area (TPSA) is 101 Å². The Labute approximate surface area is 195 Å². The molecule has 33 heavy (non-hydrogen) atoms. The van der Waals surface area contributed by atoms with Crippen LogP contribution in [0, 0.1) is 11.7 Å². The van der Waals surface area contributed by atoms with Crippen molar-refractivity contribution in [3.63, 3.8) is 0 Å². The van der Waals surface area contributed by atoms with Crippen LogP contribution in [-0.2, 0) is 24.7 Å². The van der Waals surface area contributed by atoms with Gasteiger partial charge in [0.1, 0.15) is 11.9 Å². The molecule has 0 spiro atoms. The molecule has 0 saturated carbocycles. The molecule has 1 heterocycles. The van der Waals surface area contributed by atoms with Crippen LogP contribution in [0.15, 0.2) is 64.4 Å². The average Bonchev–Trinajstić information content (AvgIpc) is 3.20. The molecule has 0 aliphatic carbocycles. The van der Waals surface area contributed by atoms with Crippen molar-refractivity contribution in [3.05, 3.63) is 60.4 Å². The van der Waals surface area contributed by atoms with Gasteiger partial charge in [0.15, 0.2) is 9.84 Å². The number of rotatable bonds is 9. The van der Waals surface area contributed by atoms with Crippen LogP contribution in [0.2, 0.25) is 0 Å². The highest BCUT2D eigenvalue weighted by Crippen LogP contribution is 2.24. The predicted octanol–water partition coefficient (Wildman–Crippen LogP) is 2.98. The summed E-state index contributed by atoms with van der Waals surface area (Å²) in [5.74, 6) is -1.40. The third-order valence-corrected chi connectivity index (χ3v) is 8.87. The molecule has 1 fully saturated rings. The third-order valence-electron chi connectivity index (χ3n) is 5.58. The molecule has 1 saturated heterocycles. The number of benzene rings is 2. The predicted molar refractivity (Wildman–Crippen MR) is 123 cm³/mol. The van der Waals surface area contributed by atoms with E-state index in [9.17, 15) is 26.0 Å². The highest BCUT2D eigenvalue weighted by atomic mass is 32.2. The average molecular weight is 497 g/mol. The molecule has 1 aliphatic rings. The number of amides is 1. The zero-order valence-electron chi connectivity index (χ0n) is 18.6. The molecule has 2 unspecified atom stereocenters. The van der Waals surface area contributed by atoms with Gasteiger partial charge in [0.05, 0.1) is 15.5 Å². The molecule has 180 valence electrons. The van der Waals surface area contributed by atoms with Crippen LogP contribution < -0.4 is 4.72 Å². The molecule has 10 heteroatoms. The Balaban J connectivity index is 1.82. The standard InChI is InChI=1S/C23H29FN2O5S2/c1-17(2)14-22(25-33(30,31)21-12-6-8-18(24)15-21)23(27)26-13-7-9-19(26)16-32(28,29)20-10-4-3-5-11-20/h3-6,8,10-12,15,17,19,22,25H,7,9,13-14,16H2,1-2H3. The number of nitrogens with zero attached hydrogens (tertiary/aromatic N) is 1. The van der Waals surface area contributed by atoms with Crippen molar-refractivity contribution in [1.29, 1.82) is 0 Å². The fourth-order valence-corrected chi connectivity index (χ4v) is 6.89. The first-order chi connectivity index (χ1) is 15.5. The number of sulfone groups is 1. The van der Waals surface area contributed by atoms with Gasteiger partial charge < -0.3 is 4.90 Å². The van der Waals surface area contributed by atoms with Crippen molar-refractivity contribution in [2.45, 2.75) is 55.0 Å². The minimum absolute atomic E-state index is 0.0109. The summed E-state index contributed by atoms with van der Waals surface area (Å²) in [6.07, 6.45) is 1.37. The van der Waals surface area contributed by atoms with E-state index in [1.807, 2.05) is 13.8 Å². The number of hydrogen-bond acceptors (Lipinski definition) is 5. The molecular formula is C23H29FN2O5S2. The van der Waals surface area contributed by atoms with E-state index in [4.69, 9.17) is 0 Å². The molecule has 1 aliphatic heterocycles. The zero-order valence-corrected chi connectivity index (χ0v) is 20.3. The lowest BCUT2D eigenvalue weighted by Gasteiger charge is -2.30. The van der Waals surface area contributed by atoms with E-state index < -0.39 is 43.7 Å². The number of carbonyl (C=O) groups excluding carboxylic acids is 1. The zero-order chi connectivity index (χ0) is 24.2. The molecule has 0 aromatic heterocycles. The van der Waals surface area contributed by atoms with E-state index in [0.717, 1.165) is 12.1 Å². The highest BCUT2D eigenvalue weighted by molar-refractivity contribution is 7.91. The summed E-state index contributed by atoms with van der Waals surface area (Å²) in [6, 6.07) is 11.0. The molecule has 2 aromatic rings. The Morgan fingerprint density at radius 3 is 2.36 bits per heavy atom. The van der Waals surface area contributed by atoms with Crippen LogP contribution in [0.1, 0.15) is 33.1 Å². The first-order valence-corrected chi connectivity index (χ1v) is 14.0. The number of halogens is 1. The third kappa shape index (κ3) is 6.39. The van der Waals surface area contributed by atoms with Crippen molar-refractivity contribution < 1.29 is 26.0 Å². The van der Waals surface area contributed by atoms with E-state index in [2.05, 4.69) is 4.72 Å². The molecule has 3 rings (SSSR count). The van der Waals surface area contributed by atoms with Crippen molar-refractivity contribution in [2.75, 3.05) is 12.3 Å². The number of nitrogens with one attached hydrogen (secondary N) is 1. The van der Waals surface area contributed by atoms with Crippen molar-refractivity contribution in [2.24, 2.45) is 5.92 Å². The van der Waals surface area contributed by atoms with Crippen LogP contribution in [0.4, 0.5) is 4.39 Å². The van der Waals surface area contributed by atoms with Crippen molar-refractivity contribution in [3.8, 4) is 0 Å². The second kappa shape index (κ2) is 10.3. The van der Waals surface area contributed by atoms with E-state index in [0.29, 0.717) is 19.4 Å². The molecule has 2 atom stereocenters. The maximum Gasteiger partial charge on any atom is 0.241 e. The summed E-state index contributed by atoms with van der Waals surface area (Å²) < 4.78 is 67.4. The molecule has 0 radical (unpaired) electrons. The summed E-state index contributed by atoms with van der Waals surface area (Å²) in [5, 5.41) is 0. The van der Waals surface area contributed by atoms with Crippen molar-refractivity contribution in [1.82, 2.24) is 9.62 Å². The number of carbonyl (C=O) groups is 1. The summed E-state index contributed by atoms with van der Waals surface area (Å²) in [4.78, 5) is 14.8. The van der Waals surface area contributed by atoms with E-state index >= 15 is 0 Å². The lowest BCUT2D eigenvalue weighted by molar-refractivity contribution is -0.133. The smallest absolute Gasteiger partial charge is 0.241 e. The van der Waals surface area contributed by atoms with E-state index in [-0.39, 0.29) is 27.9 Å². The van der Waals surface area contributed by atoms with Crippen molar-refractivity contribution >= 4 is 25.8 Å². The van der Waals surface area contributed by atoms with Crippen LogP contribution in [-0.4, -0.2) is 52.0 Å². The van der Waals surface area contributed by atoms with Crippen LogP contribution in [0.25, 0.3) is 0 Å². The fraction of sp³-hybridized carbons (Fsp3) is 0.435. The summed E-state index contributed by atoms with van der Waals surface area (Å²) in [5.41, 5.74) is 0. The van der Waals surface area contributed by atoms with Gasteiger partial charge in [-0.05, 0) is 55.5 Å². The maximum atomic E-state index is 13.6. The van der Waals surface area contributed by atoms with Gasteiger partial charge in [-0.25, -0.2) is 21.2 Å². The van der Waals surface area contributed by atoms with Gasteiger partial charge in [0.25, 0.3) is 0 Å². The Hall–Kier alpha value is -2.30. The van der Waals surface area contributed by atoms with E-state index in [1.165, 1.54) is 29.2 Å². The normalized spacial score (nSPS) is 17.9. The van der Waals surface area contributed by atoms with Gasteiger partial charge in [-0.2, -0.15) is 4.72 Å². The second-order valence-corrected chi connectivity index (χ2v) is 12.4. The summed E-state index contributed by atoms with van der Waals surface area (Å²) >= 11 is 0. The van der Waals surface area contributed by atoms with Gasteiger partial charge in [-0.3, -0.25) is 4.79 Å². The van der Waals surface area contributed by atoms with Gasteiger partial charge >= 0.3 is 0 Å². The number of sulfonamides is 1. The Morgan fingerprint density at radius 1 is 1.06 bits per heavy atom. The molecule has 2 aromatic carbocycles. The molecule has 1 amide bonds. The lowest BCUT2D eigenvalue weighted by atomic mass is 10.0. The first kappa shape index (κ1) is 25.3. The minimum atomic E-state index is -4.15. The monoisotopic (exact) mass is 496 g/mol. The van der Waals surface area contributed by atoms with Gasteiger partial charge in [0.2, 0.25) is 15.9 Å². The molecule has 1 N–H and O–H groups in total. The maximum absolute atomic E-state index is 13.6. The van der Waals surface area contributed by atoms with Gasteiger partial charge in [-0.1, -0.05) is 38.1 Å². The van der Waals surface area contributed by atoms with E-state index in [1.54, 1.807) is 18.2 Å². The minimum Gasteiger partial charge on any atom is -0.337 e. The molecule has 7 nitrogen and oxygen atoms in total. The quantitative estimate of drug-likeness (QED) is 0.575. The summed E-state index contributed by atoms with van der Waals surface area (Å²) in [6.45, 7) is 4.07. The lowest BCUT2D eigenvalue weighted by Crippen LogP contribution is -2.51. The number of hydrogen-bond donors (Lipinski definition) is 1. The Bertz CT molecular complexity index is 1180. The van der Waals surface area contributed by atoms with Gasteiger partial charge in [0, 0.05) is 12.6 Å². The fourth-order valence-electron chi connectivity index (χ4n) is 4.04. The molecule has 0 bridgehead atoms. The SMILES string of the molecule is CC(C)CC(NS(=O)(=O)c1cccc(F)c1)C(=O)N1CCCC1CS(=O)(=O)c1ccccc1. The second-order valence-electron chi connectivity index (χ2n) is 8.68. The molecular weight excluding hydrogens is 467 g/mol. The Morgan fingerprint density at radius 2 is 1.73 bits per heavy atom. The first-order valence-electron chi connectivity index (χ1n) is 10.9. The van der Waals surface area contributed by atoms with Crippen LogP contribution in [0.3, 0.4) is 0 Å². The van der Waals surface area contributed by atoms with Crippen LogP contribution in [0.5, 0.6) is 0 Å². The van der Waals surface area contributed by atoms with Crippen LogP contribution >= 0.6 is 0 Å². The Kier molecular flexibility index (Phi) is 7.92. The highest BCUT2D eigenvalue weighted by Gasteiger charge is 2.37. The summed E-state index contributed by atoms with van der Waals surface area (Å²) in [7, 11) is -7.77. The van der Waals surface area contributed by atoms with Gasteiger partial charge in [-0.15, -0.1) is 0 Å². The largest absolute Gasteiger partial charge is 0.337 e. The number of likely N-dealkylation sites (tertiary alicyclic amines) is 1.